The van der Waals surface area contributed by atoms with Gasteiger partial charge in [-0.1, -0.05) is 0 Å². The Morgan fingerprint density at radius 2 is 1.54 bits per heavy atom. The summed E-state index contributed by atoms with van der Waals surface area (Å²) < 4.78 is 2.71. The van der Waals surface area contributed by atoms with Gasteiger partial charge in [0.25, 0.3) is 0 Å². The van der Waals surface area contributed by atoms with Crippen LogP contribution in [0.1, 0.15) is 39.3 Å². The third-order valence-corrected chi connectivity index (χ3v) is 14.5. The zero-order valence-electron chi connectivity index (χ0n) is 18.5. The first-order valence-electron chi connectivity index (χ1n) is 10.0. The van der Waals surface area contributed by atoms with Gasteiger partial charge in [0.1, 0.15) is 0 Å². The zero-order valence-corrected chi connectivity index (χ0v) is 22.3. The van der Waals surface area contributed by atoms with Crippen molar-refractivity contribution in [2.24, 2.45) is 0 Å². The predicted molar refractivity (Wildman–Crippen MR) is 123 cm³/mol. The molecular formula is C23H39NSiSn. The van der Waals surface area contributed by atoms with Crippen molar-refractivity contribution in [3.05, 3.63) is 56.8 Å². The number of hydrogen-bond donors (Lipinski definition) is 0. The van der Waals surface area contributed by atoms with Crippen LogP contribution in [0.4, 0.5) is 0 Å². The van der Waals surface area contributed by atoms with Crippen molar-refractivity contribution in [2.75, 3.05) is 13.1 Å². The Balaban J connectivity index is 2.38. The summed E-state index contributed by atoms with van der Waals surface area (Å²) >= 11 is -1.99. The molecule has 1 atom stereocenters. The fraction of sp³-hybridized carbons (Fsp3) is 0.565. The first-order valence-corrected chi connectivity index (χ1v) is 23.3. The number of rotatable bonds is 4. The number of likely N-dealkylation sites (tertiary alicyclic amines) is 1. The molecule has 0 N–H and O–H groups in total. The van der Waals surface area contributed by atoms with E-state index < -0.39 is 26.5 Å². The van der Waals surface area contributed by atoms with Gasteiger partial charge in [0, 0.05) is 0 Å². The van der Waals surface area contributed by atoms with Crippen LogP contribution in [0, 0.1) is 0 Å². The second-order valence-corrected chi connectivity index (χ2v) is 30.2. The molecule has 1 aromatic carbocycles. The first kappa shape index (κ1) is 22.0. The van der Waals surface area contributed by atoms with Gasteiger partial charge in [-0.2, -0.15) is 0 Å². The van der Waals surface area contributed by atoms with E-state index in [9.17, 15) is 0 Å². The Morgan fingerprint density at radius 3 is 2.04 bits per heavy atom. The van der Waals surface area contributed by atoms with Crippen molar-refractivity contribution in [3.63, 3.8) is 0 Å². The Labute approximate surface area is 167 Å². The first-order chi connectivity index (χ1) is 11.8. The summed E-state index contributed by atoms with van der Waals surface area (Å²) in [6, 6.07) is 11.5. The van der Waals surface area contributed by atoms with Gasteiger partial charge in [0.2, 0.25) is 0 Å². The molecule has 2 rings (SSSR count). The SMILES string of the molecule is C[C@@H](c1ccccc1)N1CC(=C\[Si](C)(C)C(C)(C)C)/C(=[CH]/[Sn]([CH3])([CH3])[CH3])C1. The Bertz CT molecular complexity index is 674. The molecule has 1 aromatic rings. The summed E-state index contributed by atoms with van der Waals surface area (Å²) in [4.78, 5) is 10.2. The van der Waals surface area contributed by atoms with E-state index in [2.05, 4.69) is 101 Å². The summed E-state index contributed by atoms with van der Waals surface area (Å²) in [5.41, 5.74) is 7.42. The Hall–Kier alpha value is -0.324. The van der Waals surface area contributed by atoms with Crippen molar-refractivity contribution >= 4 is 26.5 Å². The van der Waals surface area contributed by atoms with Crippen LogP contribution in [0.25, 0.3) is 0 Å². The van der Waals surface area contributed by atoms with E-state index in [1.807, 2.05) is 0 Å². The van der Waals surface area contributed by atoms with Crippen molar-refractivity contribution in [3.8, 4) is 0 Å². The average Bonchev–Trinajstić information content (AvgIpc) is 2.86. The van der Waals surface area contributed by atoms with Crippen molar-refractivity contribution in [2.45, 2.75) is 66.7 Å². The van der Waals surface area contributed by atoms with Crippen LogP contribution in [-0.4, -0.2) is 44.4 Å². The van der Waals surface area contributed by atoms with Crippen molar-refractivity contribution < 1.29 is 0 Å². The monoisotopic (exact) mass is 477 g/mol. The van der Waals surface area contributed by atoms with E-state index in [0.29, 0.717) is 11.1 Å². The van der Waals surface area contributed by atoms with Gasteiger partial charge in [0.15, 0.2) is 0 Å². The second kappa shape index (κ2) is 7.96. The molecule has 0 radical (unpaired) electrons. The fourth-order valence-electron chi connectivity index (χ4n) is 3.36. The summed E-state index contributed by atoms with van der Waals surface area (Å²) in [5.74, 6) is 0. The average molecular weight is 476 g/mol. The number of hydrogen-bond acceptors (Lipinski definition) is 1. The van der Waals surface area contributed by atoms with Gasteiger partial charge in [-0.15, -0.1) is 0 Å². The topological polar surface area (TPSA) is 3.24 Å². The maximum absolute atomic E-state index is 2.72. The molecule has 0 unspecified atom stereocenters. The quantitative estimate of drug-likeness (QED) is 0.430. The van der Waals surface area contributed by atoms with Crippen LogP contribution in [-0.2, 0) is 0 Å². The number of benzene rings is 1. The number of nitrogens with zero attached hydrogens (tertiary/aromatic N) is 1. The van der Waals surface area contributed by atoms with Gasteiger partial charge in [-0.05, 0) is 0 Å². The van der Waals surface area contributed by atoms with Gasteiger partial charge in [-0.25, -0.2) is 0 Å². The molecule has 1 fully saturated rings. The Kier molecular flexibility index (Phi) is 6.73. The molecule has 0 amide bonds. The molecule has 1 heterocycles. The van der Waals surface area contributed by atoms with E-state index in [1.54, 1.807) is 11.1 Å². The molecule has 3 heteroatoms. The van der Waals surface area contributed by atoms with Crippen LogP contribution >= 0.6 is 0 Å². The molecule has 1 aliphatic heterocycles. The second-order valence-electron chi connectivity index (χ2n) is 10.7. The third kappa shape index (κ3) is 5.59. The molecule has 0 aliphatic carbocycles. The molecule has 1 saturated heterocycles. The van der Waals surface area contributed by atoms with Crippen molar-refractivity contribution in [1.82, 2.24) is 4.90 Å². The van der Waals surface area contributed by atoms with Crippen molar-refractivity contribution in [1.29, 1.82) is 0 Å². The molecule has 1 aliphatic rings. The minimum absolute atomic E-state index is 0.397. The summed E-state index contributed by atoms with van der Waals surface area (Å²) in [6.45, 7) is 16.9. The van der Waals surface area contributed by atoms with Crippen LogP contribution in [0.2, 0.25) is 33.0 Å². The normalized spacial score (nSPS) is 21.6. The summed E-state index contributed by atoms with van der Waals surface area (Å²) in [7, 11) is -1.44. The van der Waals surface area contributed by atoms with E-state index in [-0.39, 0.29) is 0 Å². The van der Waals surface area contributed by atoms with E-state index >= 15 is 0 Å². The van der Waals surface area contributed by atoms with E-state index in [1.165, 1.54) is 5.56 Å². The summed E-state index contributed by atoms with van der Waals surface area (Å²) in [5, 5.41) is 0.397. The summed E-state index contributed by atoms with van der Waals surface area (Å²) in [6.07, 6.45) is 0. The predicted octanol–water partition coefficient (Wildman–Crippen LogP) is 6.84. The van der Waals surface area contributed by atoms with Crippen LogP contribution in [0.5, 0.6) is 0 Å². The van der Waals surface area contributed by atoms with Crippen LogP contribution < -0.4 is 0 Å². The van der Waals surface area contributed by atoms with Gasteiger partial charge in [-0.3, -0.25) is 0 Å². The van der Waals surface area contributed by atoms with E-state index in [4.69, 9.17) is 0 Å². The third-order valence-electron chi connectivity index (χ3n) is 6.06. The van der Waals surface area contributed by atoms with Crippen LogP contribution in [0.15, 0.2) is 51.3 Å². The van der Waals surface area contributed by atoms with Gasteiger partial charge < -0.3 is 0 Å². The minimum atomic E-state index is -1.99. The molecule has 0 spiro atoms. The molecule has 26 heavy (non-hydrogen) atoms. The molecular weight excluding hydrogens is 437 g/mol. The molecule has 144 valence electrons. The van der Waals surface area contributed by atoms with Gasteiger partial charge >= 0.3 is 168 Å². The standard InChI is InChI=1S/C20H30NSi.3CH3.Sn/c1-16-13-21(17(2)18-11-9-8-10-12-18)14-19(16)15-22(6,7)20(3,4)5;;;;/h1,8-12,15,17H,13-14H2,2-7H3;3*1H3;/b16-1?,19-15+;;;;/t17-;;;;/m0..../s1. The Morgan fingerprint density at radius 1 is 1.00 bits per heavy atom. The van der Waals surface area contributed by atoms with Gasteiger partial charge in [0.05, 0.1) is 0 Å². The fourth-order valence-corrected chi connectivity index (χ4v) is 8.72. The van der Waals surface area contributed by atoms with E-state index in [0.717, 1.165) is 13.1 Å². The molecule has 1 nitrogen and oxygen atoms in total. The molecule has 0 saturated carbocycles. The molecule has 0 aromatic heterocycles. The van der Waals surface area contributed by atoms with Crippen LogP contribution in [0.3, 0.4) is 0 Å². The zero-order chi connectivity index (χ0) is 19.8. The maximum atomic E-state index is 2.72. The molecule has 0 bridgehead atoms.